The molecule has 2 aromatic carbocycles. The summed E-state index contributed by atoms with van der Waals surface area (Å²) in [5.74, 6) is -3.35. The number of aliphatic carboxylic acids is 1. The maximum absolute atomic E-state index is 13.6. The van der Waals surface area contributed by atoms with E-state index in [0.717, 1.165) is 59.3 Å². The number of nitrogens with zero attached hydrogens (tertiary/aromatic N) is 4. The van der Waals surface area contributed by atoms with Gasteiger partial charge in [-0.1, -0.05) is 32.0 Å². The Morgan fingerprint density at radius 3 is 2.28 bits per heavy atom. The van der Waals surface area contributed by atoms with Crippen molar-refractivity contribution in [2.24, 2.45) is 7.05 Å². The molecule has 4 aromatic rings. The number of anilines is 3. The zero-order valence-corrected chi connectivity index (χ0v) is 26.0. The summed E-state index contributed by atoms with van der Waals surface area (Å²) in [6, 6.07) is 10.7. The molecule has 0 unspecified atom stereocenters. The molecule has 0 saturated heterocycles. The number of hydrogen-bond donors (Lipinski definition) is 4. The molecule has 0 fully saturated rings. The molecule has 2 heterocycles. The highest BCUT2D eigenvalue weighted by Crippen LogP contribution is 2.35. The van der Waals surface area contributed by atoms with E-state index < -0.39 is 18.1 Å². The number of methoxy groups -OCH3 is 1. The Morgan fingerprint density at radius 1 is 1.04 bits per heavy atom. The normalized spacial score (nSPS) is 12.1. The first-order chi connectivity index (χ1) is 22.3. The predicted octanol–water partition coefficient (Wildman–Crippen LogP) is 5.83. The van der Waals surface area contributed by atoms with Crippen molar-refractivity contribution in [3.63, 3.8) is 0 Å². The summed E-state index contributed by atoms with van der Waals surface area (Å²) in [6.45, 7) is 4.16. The van der Waals surface area contributed by atoms with Gasteiger partial charge in [-0.3, -0.25) is 9.48 Å². The van der Waals surface area contributed by atoms with Gasteiger partial charge in [0, 0.05) is 24.5 Å². The third-order valence-electron chi connectivity index (χ3n) is 7.50. The number of amides is 1. The third-order valence-corrected chi connectivity index (χ3v) is 7.50. The molecule has 1 amide bonds. The third kappa shape index (κ3) is 7.68. The summed E-state index contributed by atoms with van der Waals surface area (Å²) >= 11 is 0. The lowest BCUT2D eigenvalue weighted by molar-refractivity contribution is -0.192. The van der Waals surface area contributed by atoms with E-state index in [2.05, 4.69) is 34.6 Å². The van der Waals surface area contributed by atoms with E-state index in [1.165, 1.54) is 19.2 Å². The maximum Gasteiger partial charge on any atom is 0.490 e. The van der Waals surface area contributed by atoms with Crippen LogP contribution in [-0.2, 0) is 37.5 Å². The largest absolute Gasteiger partial charge is 0.495 e. The van der Waals surface area contributed by atoms with Crippen LogP contribution in [0.25, 0.3) is 11.4 Å². The highest BCUT2D eigenvalue weighted by Gasteiger charge is 2.38. The molecule has 248 valence electrons. The van der Waals surface area contributed by atoms with Gasteiger partial charge in [0.05, 0.1) is 29.7 Å². The Morgan fingerprint density at radius 2 is 1.70 bits per heavy atom. The number of halogens is 3. The van der Waals surface area contributed by atoms with E-state index >= 15 is 0 Å². The minimum atomic E-state index is -5.08. The number of carboxylic acid groups (broad SMARTS) is 2. The van der Waals surface area contributed by atoms with Crippen LogP contribution in [0.3, 0.4) is 0 Å². The van der Waals surface area contributed by atoms with E-state index in [1.54, 1.807) is 16.9 Å². The SMILES string of the molecule is CCc1cccc(CC)c1NC(=O)c1nn(C)c2c1CCCc1cnc(Nc3ccc(C(=O)O)cc3OC)nc1-2.O=C(O)C(F)(F)F. The average molecular weight is 655 g/mol. The van der Waals surface area contributed by atoms with Gasteiger partial charge in [0.15, 0.2) is 5.69 Å². The molecule has 47 heavy (non-hydrogen) atoms. The fourth-order valence-electron chi connectivity index (χ4n) is 5.22. The Hall–Kier alpha value is -5.47. The number of rotatable bonds is 8. The van der Waals surface area contributed by atoms with Crippen molar-refractivity contribution in [3.05, 3.63) is 76.1 Å². The van der Waals surface area contributed by atoms with E-state index in [9.17, 15) is 27.9 Å². The number of alkyl halides is 3. The maximum atomic E-state index is 13.6. The van der Waals surface area contributed by atoms with Gasteiger partial charge in [0.1, 0.15) is 5.75 Å². The lowest BCUT2D eigenvalue weighted by Gasteiger charge is -2.14. The number of aryl methyl sites for hydroxylation is 4. The van der Waals surface area contributed by atoms with Crippen molar-refractivity contribution < 1.29 is 42.5 Å². The van der Waals surface area contributed by atoms with Crippen LogP contribution in [0.4, 0.5) is 30.5 Å². The number of carbonyl (C=O) groups excluding carboxylic acids is 1. The van der Waals surface area contributed by atoms with E-state index in [1.807, 2.05) is 25.2 Å². The summed E-state index contributed by atoms with van der Waals surface area (Å²) in [7, 11) is 3.30. The standard InChI is InChI=1S/C30H32N6O4.C2HF3O2/c1-5-17-9-7-10-18(6-2)24(17)33-28(37)26-21-12-8-11-20-16-31-30(34-25(20)27(21)36(3)35-26)32-22-14-13-19(29(38)39)15-23(22)40-4;3-2(4,5)1(6)7/h7,9-10,13-16H,5-6,8,11-12H2,1-4H3,(H,33,37)(H,38,39)(H,31,32,34);(H,6,7). The van der Waals surface area contributed by atoms with Gasteiger partial charge in [-0.15, -0.1) is 0 Å². The second-order valence-electron chi connectivity index (χ2n) is 10.5. The summed E-state index contributed by atoms with van der Waals surface area (Å²) in [6.07, 6.45) is 0.613. The zero-order chi connectivity index (χ0) is 34.5. The molecule has 1 aliphatic carbocycles. The molecule has 15 heteroatoms. The van der Waals surface area contributed by atoms with Gasteiger partial charge in [-0.25, -0.2) is 19.6 Å². The van der Waals surface area contributed by atoms with E-state index in [-0.39, 0.29) is 11.5 Å². The second kappa shape index (κ2) is 14.3. The molecule has 0 bridgehead atoms. The fourth-order valence-corrected chi connectivity index (χ4v) is 5.22. The smallest absolute Gasteiger partial charge is 0.490 e. The second-order valence-corrected chi connectivity index (χ2v) is 10.5. The van der Waals surface area contributed by atoms with Gasteiger partial charge < -0.3 is 25.6 Å². The van der Waals surface area contributed by atoms with Crippen molar-refractivity contribution in [3.8, 4) is 17.1 Å². The number of para-hydroxylation sites is 1. The quantitative estimate of drug-likeness (QED) is 0.182. The van der Waals surface area contributed by atoms with Crippen molar-refractivity contribution in [1.82, 2.24) is 19.7 Å². The molecule has 0 aliphatic heterocycles. The van der Waals surface area contributed by atoms with Gasteiger partial charge in [0.25, 0.3) is 5.91 Å². The van der Waals surface area contributed by atoms with E-state index in [0.29, 0.717) is 35.2 Å². The number of carbonyl (C=O) groups is 3. The Bertz CT molecular complexity index is 1800. The first-order valence-corrected chi connectivity index (χ1v) is 14.6. The minimum Gasteiger partial charge on any atom is -0.495 e. The monoisotopic (exact) mass is 654 g/mol. The van der Waals surface area contributed by atoms with Crippen LogP contribution < -0.4 is 15.4 Å². The van der Waals surface area contributed by atoms with Gasteiger partial charge in [-0.05, 0) is 67.0 Å². The van der Waals surface area contributed by atoms with Gasteiger partial charge >= 0.3 is 18.1 Å². The van der Waals surface area contributed by atoms with Crippen molar-refractivity contribution in [2.45, 2.75) is 52.1 Å². The number of nitrogens with one attached hydrogen (secondary N) is 2. The number of ether oxygens (including phenoxy) is 1. The van der Waals surface area contributed by atoms with Gasteiger partial charge in [-0.2, -0.15) is 18.3 Å². The van der Waals surface area contributed by atoms with Crippen LogP contribution in [0.2, 0.25) is 0 Å². The molecule has 0 saturated carbocycles. The average Bonchev–Trinajstić information content (AvgIpc) is 3.24. The summed E-state index contributed by atoms with van der Waals surface area (Å²) in [5, 5.41) is 27.4. The molecule has 4 N–H and O–H groups in total. The van der Waals surface area contributed by atoms with Crippen LogP contribution in [-0.4, -0.2) is 61.1 Å². The Balaban J connectivity index is 0.000000644. The number of carboxylic acids is 2. The van der Waals surface area contributed by atoms with Crippen LogP contribution >= 0.6 is 0 Å². The van der Waals surface area contributed by atoms with Crippen molar-refractivity contribution in [1.29, 1.82) is 0 Å². The summed E-state index contributed by atoms with van der Waals surface area (Å²) in [4.78, 5) is 43.2. The van der Waals surface area contributed by atoms with Crippen molar-refractivity contribution in [2.75, 3.05) is 17.7 Å². The first kappa shape index (κ1) is 34.4. The van der Waals surface area contributed by atoms with Crippen LogP contribution in [0.1, 0.15) is 63.4 Å². The highest BCUT2D eigenvalue weighted by atomic mass is 19.4. The molecule has 12 nitrogen and oxygen atoms in total. The van der Waals surface area contributed by atoms with Crippen LogP contribution in [0.5, 0.6) is 5.75 Å². The summed E-state index contributed by atoms with van der Waals surface area (Å²) in [5.41, 5.74) is 7.43. The number of fused-ring (bicyclic) bond motifs is 3. The minimum absolute atomic E-state index is 0.114. The Labute approximate surface area is 267 Å². The zero-order valence-electron chi connectivity index (χ0n) is 26.0. The highest BCUT2D eigenvalue weighted by molar-refractivity contribution is 6.05. The van der Waals surface area contributed by atoms with Crippen molar-refractivity contribution >= 4 is 35.2 Å². The number of aromatic carboxylic acids is 1. The Kier molecular flexibility index (Phi) is 10.5. The molecule has 2 aromatic heterocycles. The van der Waals surface area contributed by atoms with Gasteiger partial charge in [0.2, 0.25) is 5.95 Å². The molecule has 5 rings (SSSR count). The molecule has 1 aliphatic rings. The molecule has 0 spiro atoms. The lowest BCUT2D eigenvalue weighted by atomic mass is 10.0. The molecular weight excluding hydrogens is 621 g/mol. The predicted molar refractivity (Wildman–Crippen MR) is 166 cm³/mol. The fraction of sp³-hybridized carbons (Fsp3) is 0.312. The number of benzene rings is 2. The number of hydrogen-bond acceptors (Lipinski definition) is 8. The topological polar surface area (TPSA) is 169 Å². The van der Waals surface area contributed by atoms with Crippen LogP contribution in [0.15, 0.2) is 42.6 Å². The number of aromatic nitrogens is 4. The summed E-state index contributed by atoms with van der Waals surface area (Å²) < 4.78 is 38.8. The van der Waals surface area contributed by atoms with E-state index in [4.69, 9.17) is 19.6 Å². The molecular formula is C32H33F3N6O6. The molecule has 0 atom stereocenters. The van der Waals surface area contributed by atoms with Crippen LogP contribution in [0, 0.1) is 0 Å². The first-order valence-electron chi connectivity index (χ1n) is 14.6. The lowest BCUT2D eigenvalue weighted by Crippen LogP contribution is -2.21. The molecule has 0 radical (unpaired) electrons.